The second-order valence-electron chi connectivity index (χ2n) is 7.07. The predicted octanol–water partition coefficient (Wildman–Crippen LogP) is 4.06. The van der Waals surface area contributed by atoms with Crippen LogP contribution >= 0.6 is 11.3 Å². The minimum Gasteiger partial charge on any atom is -0.368 e. The Morgan fingerprint density at radius 2 is 1.97 bits per heavy atom. The Hall–Kier alpha value is -3.70. The van der Waals surface area contributed by atoms with E-state index in [1.54, 1.807) is 11.3 Å². The first-order valence-corrected chi connectivity index (χ1v) is 10.3. The summed E-state index contributed by atoms with van der Waals surface area (Å²) in [6.45, 7) is 5.58. The fraction of sp³-hybridized carbons (Fsp3) is 0.182. The number of pyridine rings is 1. The summed E-state index contributed by atoms with van der Waals surface area (Å²) in [7, 11) is 0. The number of nitrogens with one attached hydrogen (secondary N) is 1. The topological polar surface area (TPSA) is 109 Å². The van der Waals surface area contributed by atoms with Crippen LogP contribution in [0.25, 0.3) is 16.0 Å². The van der Waals surface area contributed by atoms with Gasteiger partial charge in [0.05, 0.1) is 17.3 Å². The third-order valence-corrected chi connectivity index (χ3v) is 6.01. The quantitative estimate of drug-likeness (QED) is 0.519. The molecule has 0 saturated heterocycles. The van der Waals surface area contributed by atoms with E-state index in [1.807, 2.05) is 55.6 Å². The van der Waals surface area contributed by atoms with Crippen molar-refractivity contribution >= 4 is 27.9 Å². The molecule has 0 radical (unpaired) electrons. The van der Waals surface area contributed by atoms with Crippen molar-refractivity contribution in [3.8, 4) is 17.2 Å². The number of thiazole rings is 1. The van der Waals surface area contributed by atoms with Gasteiger partial charge >= 0.3 is 0 Å². The summed E-state index contributed by atoms with van der Waals surface area (Å²) in [5, 5.41) is 14.8. The minimum atomic E-state index is -0.305. The molecule has 0 bridgehead atoms. The Kier molecular flexibility index (Phi) is 4.98. The molecular formula is C22H20N6OS. The highest BCUT2D eigenvalue weighted by Crippen LogP contribution is 2.31. The molecule has 3 N–H and O–H groups in total. The van der Waals surface area contributed by atoms with Crippen LogP contribution in [0.1, 0.15) is 35.5 Å². The lowest BCUT2D eigenvalue weighted by Crippen LogP contribution is -2.21. The molecule has 0 aliphatic carbocycles. The van der Waals surface area contributed by atoms with Gasteiger partial charge in [-0.3, -0.25) is 9.20 Å². The smallest absolute Gasteiger partial charge is 0.264 e. The molecule has 4 aromatic rings. The molecule has 1 unspecified atom stereocenters. The molecule has 8 heteroatoms. The first-order valence-electron chi connectivity index (χ1n) is 9.40. The maximum atomic E-state index is 13.5. The van der Waals surface area contributed by atoms with Crippen LogP contribution in [0.2, 0.25) is 0 Å². The first kappa shape index (κ1) is 19.6. The second-order valence-corrected chi connectivity index (χ2v) is 7.95. The summed E-state index contributed by atoms with van der Waals surface area (Å²) in [6.07, 6.45) is 0. The van der Waals surface area contributed by atoms with Crippen molar-refractivity contribution in [2.45, 2.75) is 26.8 Å². The zero-order valence-corrected chi connectivity index (χ0v) is 17.6. The number of nitrogens with zero attached hydrogens (tertiary/aromatic N) is 4. The van der Waals surface area contributed by atoms with Gasteiger partial charge in [-0.1, -0.05) is 30.3 Å². The lowest BCUT2D eigenvalue weighted by atomic mass is 9.97. The van der Waals surface area contributed by atoms with E-state index in [9.17, 15) is 10.1 Å². The van der Waals surface area contributed by atoms with Crippen LogP contribution in [-0.2, 0) is 0 Å². The van der Waals surface area contributed by atoms with E-state index in [2.05, 4.69) is 21.4 Å². The van der Waals surface area contributed by atoms with Gasteiger partial charge in [0.25, 0.3) is 5.56 Å². The molecule has 150 valence electrons. The molecule has 3 aromatic heterocycles. The monoisotopic (exact) mass is 416 g/mol. The largest absolute Gasteiger partial charge is 0.368 e. The molecule has 1 aromatic carbocycles. The molecule has 0 spiro atoms. The molecule has 4 rings (SSSR count). The van der Waals surface area contributed by atoms with Crippen LogP contribution in [0, 0.1) is 25.2 Å². The Balaban J connectivity index is 1.91. The van der Waals surface area contributed by atoms with E-state index in [0.29, 0.717) is 22.6 Å². The van der Waals surface area contributed by atoms with E-state index in [1.165, 1.54) is 11.3 Å². The maximum Gasteiger partial charge on any atom is 0.264 e. The zero-order valence-electron chi connectivity index (χ0n) is 16.8. The lowest BCUT2D eigenvalue weighted by Gasteiger charge is -2.20. The van der Waals surface area contributed by atoms with Gasteiger partial charge in [0.15, 0.2) is 0 Å². The Bertz CT molecular complexity index is 1350. The standard InChI is InChI=1S/C22H20N6OS/c1-12-11-30-18-9-16(19(21(29)28(12)18)15-7-5-4-6-8-15)13(2)25-20-17(10-23)14(3)26-22(24)27-20/h4-9,11,13H,1-3H3,(H3,24,25,26,27). The number of aryl methyl sites for hydroxylation is 2. The molecule has 7 nitrogen and oxygen atoms in total. The molecule has 0 aliphatic heterocycles. The predicted molar refractivity (Wildman–Crippen MR) is 120 cm³/mol. The van der Waals surface area contributed by atoms with Gasteiger partial charge in [-0.05, 0) is 38.0 Å². The van der Waals surface area contributed by atoms with Gasteiger partial charge in [-0.15, -0.1) is 11.3 Å². The van der Waals surface area contributed by atoms with E-state index < -0.39 is 0 Å². The van der Waals surface area contributed by atoms with Crippen molar-refractivity contribution in [3.63, 3.8) is 0 Å². The van der Waals surface area contributed by atoms with Crippen molar-refractivity contribution < 1.29 is 0 Å². The highest BCUT2D eigenvalue weighted by Gasteiger charge is 2.21. The number of benzene rings is 1. The van der Waals surface area contributed by atoms with E-state index in [-0.39, 0.29) is 17.5 Å². The van der Waals surface area contributed by atoms with Gasteiger partial charge in [-0.25, -0.2) is 4.98 Å². The summed E-state index contributed by atoms with van der Waals surface area (Å²) in [4.78, 5) is 22.6. The highest BCUT2D eigenvalue weighted by atomic mass is 32.1. The number of rotatable bonds is 4. The zero-order chi connectivity index (χ0) is 21.4. The lowest BCUT2D eigenvalue weighted by molar-refractivity contribution is 0.864. The van der Waals surface area contributed by atoms with Crippen molar-refractivity contribution in [1.82, 2.24) is 14.4 Å². The van der Waals surface area contributed by atoms with Gasteiger partial charge in [0, 0.05) is 11.1 Å². The molecule has 1 atom stereocenters. The summed E-state index contributed by atoms with van der Waals surface area (Å²) in [5.41, 5.74) is 9.75. The van der Waals surface area contributed by atoms with E-state index in [0.717, 1.165) is 21.7 Å². The van der Waals surface area contributed by atoms with Gasteiger partial charge < -0.3 is 11.1 Å². The van der Waals surface area contributed by atoms with Gasteiger partial charge in [-0.2, -0.15) is 10.2 Å². The Labute approximate surface area is 177 Å². The number of fused-ring (bicyclic) bond motifs is 1. The van der Waals surface area contributed by atoms with Crippen LogP contribution in [0.3, 0.4) is 0 Å². The summed E-state index contributed by atoms with van der Waals surface area (Å²) in [5.74, 6) is 0.449. The van der Waals surface area contributed by atoms with Crippen LogP contribution in [0.4, 0.5) is 11.8 Å². The van der Waals surface area contributed by atoms with Crippen molar-refractivity contribution in [2.24, 2.45) is 0 Å². The summed E-state index contributed by atoms with van der Waals surface area (Å²) >= 11 is 1.52. The molecule has 0 amide bonds. The number of hydrogen-bond donors (Lipinski definition) is 2. The summed E-state index contributed by atoms with van der Waals surface area (Å²) < 4.78 is 1.73. The van der Waals surface area contributed by atoms with Crippen molar-refractivity contribution in [2.75, 3.05) is 11.1 Å². The van der Waals surface area contributed by atoms with Crippen LogP contribution < -0.4 is 16.6 Å². The molecule has 0 saturated carbocycles. The average molecular weight is 417 g/mol. The van der Waals surface area contributed by atoms with Crippen LogP contribution in [0.5, 0.6) is 0 Å². The SMILES string of the molecule is Cc1nc(N)nc(NC(C)c2cc3scc(C)n3c(=O)c2-c2ccccc2)c1C#N. The van der Waals surface area contributed by atoms with Crippen molar-refractivity contribution in [3.05, 3.63) is 74.6 Å². The number of nitrogens with two attached hydrogens (primary N) is 1. The Morgan fingerprint density at radius 3 is 2.67 bits per heavy atom. The molecule has 0 aliphatic rings. The third kappa shape index (κ3) is 3.29. The van der Waals surface area contributed by atoms with E-state index >= 15 is 0 Å². The number of aromatic nitrogens is 3. The maximum absolute atomic E-state index is 13.5. The third-order valence-electron chi connectivity index (χ3n) is 5.01. The molecular weight excluding hydrogens is 396 g/mol. The van der Waals surface area contributed by atoms with Gasteiger partial charge in [0.2, 0.25) is 5.95 Å². The second kappa shape index (κ2) is 7.61. The molecule has 3 heterocycles. The normalized spacial score (nSPS) is 11.9. The van der Waals surface area contributed by atoms with Gasteiger partial charge in [0.1, 0.15) is 22.3 Å². The minimum absolute atomic E-state index is 0.0695. The number of nitrogen functional groups attached to an aromatic ring is 1. The van der Waals surface area contributed by atoms with E-state index in [4.69, 9.17) is 5.73 Å². The van der Waals surface area contributed by atoms with Crippen LogP contribution in [-0.4, -0.2) is 14.4 Å². The Morgan fingerprint density at radius 1 is 1.23 bits per heavy atom. The summed E-state index contributed by atoms with van der Waals surface area (Å²) in [6, 6.07) is 13.4. The molecule has 30 heavy (non-hydrogen) atoms. The van der Waals surface area contributed by atoms with Crippen molar-refractivity contribution in [1.29, 1.82) is 5.26 Å². The fourth-order valence-corrected chi connectivity index (χ4v) is 4.50. The fourth-order valence-electron chi connectivity index (χ4n) is 3.58. The first-order chi connectivity index (χ1) is 14.4. The molecule has 0 fully saturated rings. The van der Waals surface area contributed by atoms with Crippen LogP contribution in [0.15, 0.2) is 46.6 Å². The highest BCUT2D eigenvalue weighted by molar-refractivity contribution is 7.15. The number of hydrogen-bond acceptors (Lipinski definition) is 7. The number of nitriles is 1. The number of anilines is 2. The average Bonchev–Trinajstić information content (AvgIpc) is 3.09.